The number of nitrogens with one attached hydrogen (secondary N) is 1. The van der Waals surface area contributed by atoms with Crippen molar-refractivity contribution >= 4 is 5.91 Å². The Morgan fingerprint density at radius 1 is 1.33 bits per heavy atom. The molecule has 0 bridgehead atoms. The zero-order chi connectivity index (χ0) is 14.5. The molecule has 2 aliphatic heterocycles. The Balaban J connectivity index is 1.53. The molecule has 3 rings (SSSR count). The van der Waals surface area contributed by atoms with Crippen LogP contribution in [-0.4, -0.2) is 47.3 Å². The van der Waals surface area contributed by atoms with Crippen LogP contribution >= 0.6 is 0 Å². The molecule has 1 amide bonds. The van der Waals surface area contributed by atoms with E-state index in [0.717, 1.165) is 38.9 Å². The fraction of sp³-hybridized carbons (Fsp3) is 0.667. The normalized spacial score (nSPS) is 24.7. The van der Waals surface area contributed by atoms with E-state index in [9.17, 15) is 4.79 Å². The van der Waals surface area contributed by atoms with Crippen molar-refractivity contribution in [2.45, 2.75) is 43.7 Å². The Morgan fingerprint density at radius 3 is 2.95 bits per heavy atom. The fourth-order valence-corrected chi connectivity index (χ4v) is 3.11. The highest BCUT2D eigenvalue weighted by Crippen LogP contribution is 2.34. The molecule has 0 radical (unpaired) electrons. The first kappa shape index (κ1) is 14.4. The van der Waals surface area contributed by atoms with Gasteiger partial charge in [-0.05, 0) is 25.7 Å². The maximum absolute atomic E-state index is 12.1. The van der Waals surface area contributed by atoms with Crippen LogP contribution in [0.1, 0.15) is 31.4 Å². The Labute approximate surface area is 124 Å². The molecule has 1 atom stereocenters. The molecule has 0 aliphatic carbocycles. The zero-order valence-corrected chi connectivity index (χ0v) is 12.1. The smallest absolute Gasteiger partial charge is 0.226 e. The first-order valence-corrected chi connectivity index (χ1v) is 7.52. The van der Waals surface area contributed by atoms with Crippen LogP contribution in [0.25, 0.3) is 0 Å². The monoisotopic (exact) mass is 291 g/mol. The molecule has 1 unspecified atom stereocenters. The number of nitrogens with zero attached hydrogens (tertiary/aromatic N) is 2. The van der Waals surface area contributed by atoms with Crippen molar-refractivity contribution in [3.8, 4) is 0 Å². The maximum atomic E-state index is 12.1. The lowest BCUT2D eigenvalue weighted by Crippen LogP contribution is -2.51. The third-order valence-corrected chi connectivity index (χ3v) is 4.22. The lowest BCUT2D eigenvalue weighted by atomic mass is 9.84. The summed E-state index contributed by atoms with van der Waals surface area (Å²) in [6.07, 6.45) is 8.71. The molecule has 114 valence electrons. The van der Waals surface area contributed by atoms with Crippen LogP contribution in [0.15, 0.2) is 18.6 Å². The van der Waals surface area contributed by atoms with Crippen molar-refractivity contribution in [1.82, 2.24) is 15.3 Å². The third-order valence-electron chi connectivity index (χ3n) is 4.22. The molecule has 21 heavy (non-hydrogen) atoms. The average Bonchev–Trinajstić information content (AvgIpc) is 2.49. The lowest BCUT2D eigenvalue weighted by molar-refractivity contribution is -0.143. The van der Waals surface area contributed by atoms with E-state index in [-0.39, 0.29) is 24.0 Å². The van der Waals surface area contributed by atoms with E-state index in [1.807, 2.05) is 0 Å². The minimum absolute atomic E-state index is 0.00427. The Morgan fingerprint density at radius 2 is 2.19 bits per heavy atom. The van der Waals surface area contributed by atoms with Gasteiger partial charge in [0.25, 0.3) is 0 Å². The summed E-state index contributed by atoms with van der Waals surface area (Å²) >= 11 is 0. The summed E-state index contributed by atoms with van der Waals surface area (Å²) in [6, 6.07) is 0.182. The van der Waals surface area contributed by atoms with E-state index in [0.29, 0.717) is 12.3 Å². The van der Waals surface area contributed by atoms with Crippen LogP contribution in [0.4, 0.5) is 0 Å². The van der Waals surface area contributed by atoms with E-state index in [4.69, 9.17) is 9.47 Å². The van der Waals surface area contributed by atoms with Crippen molar-refractivity contribution in [2.24, 2.45) is 0 Å². The molecule has 3 heterocycles. The minimum Gasteiger partial charge on any atom is -0.381 e. The molecule has 6 heteroatoms. The second-order valence-electron chi connectivity index (χ2n) is 5.77. The van der Waals surface area contributed by atoms with Gasteiger partial charge in [-0.25, -0.2) is 0 Å². The van der Waals surface area contributed by atoms with Gasteiger partial charge in [0.1, 0.15) is 0 Å². The van der Waals surface area contributed by atoms with Crippen LogP contribution < -0.4 is 5.32 Å². The summed E-state index contributed by atoms with van der Waals surface area (Å²) in [5.74, 6) is 0.00427. The van der Waals surface area contributed by atoms with Crippen molar-refractivity contribution < 1.29 is 14.3 Å². The molecule has 6 nitrogen and oxygen atoms in total. The quantitative estimate of drug-likeness (QED) is 0.894. The molecule has 1 aromatic rings. The number of rotatable bonds is 3. The summed E-state index contributed by atoms with van der Waals surface area (Å²) in [7, 11) is 0. The van der Waals surface area contributed by atoms with Crippen LogP contribution in [-0.2, 0) is 20.7 Å². The van der Waals surface area contributed by atoms with Crippen molar-refractivity contribution in [3.63, 3.8) is 0 Å². The third kappa shape index (κ3) is 3.77. The minimum atomic E-state index is -0.0962. The van der Waals surface area contributed by atoms with Gasteiger partial charge in [-0.3, -0.25) is 14.8 Å². The molecule has 2 aliphatic rings. The van der Waals surface area contributed by atoms with Crippen molar-refractivity contribution in [2.75, 3.05) is 19.8 Å². The largest absolute Gasteiger partial charge is 0.381 e. The predicted molar refractivity (Wildman–Crippen MR) is 75.6 cm³/mol. The maximum Gasteiger partial charge on any atom is 0.226 e. The highest BCUT2D eigenvalue weighted by Gasteiger charge is 2.39. The molecule has 1 aromatic heterocycles. The van der Waals surface area contributed by atoms with Crippen LogP contribution in [0.3, 0.4) is 0 Å². The molecule has 2 fully saturated rings. The van der Waals surface area contributed by atoms with E-state index >= 15 is 0 Å². The van der Waals surface area contributed by atoms with Gasteiger partial charge in [-0.15, -0.1) is 0 Å². The highest BCUT2D eigenvalue weighted by molar-refractivity contribution is 5.78. The Hall–Kier alpha value is -1.53. The van der Waals surface area contributed by atoms with Gasteiger partial charge >= 0.3 is 0 Å². The SMILES string of the molecule is O=C(Cc1cnccn1)NC1CCOC2(CCOCC2)C1. The standard InChI is InChI=1S/C15H21N3O3/c19-14(9-13-11-16-4-5-17-13)18-12-1-6-21-15(10-12)2-7-20-8-3-15/h4-5,11-12H,1-3,6-10H2,(H,18,19). The van der Waals surface area contributed by atoms with Gasteiger partial charge in [0.15, 0.2) is 0 Å². The van der Waals surface area contributed by atoms with Crippen LogP contribution in [0.2, 0.25) is 0 Å². The first-order valence-electron chi connectivity index (χ1n) is 7.52. The van der Waals surface area contributed by atoms with E-state index in [1.165, 1.54) is 0 Å². The number of aromatic nitrogens is 2. The second kappa shape index (κ2) is 6.49. The number of carbonyl (C=O) groups is 1. The van der Waals surface area contributed by atoms with Gasteiger partial charge in [0, 0.05) is 44.5 Å². The van der Waals surface area contributed by atoms with Crippen LogP contribution in [0, 0.1) is 0 Å². The number of carbonyl (C=O) groups excluding carboxylic acids is 1. The molecule has 1 spiro atoms. The zero-order valence-electron chi connectivity index (χ0n) is 12.1. The second-order valence-corrected chi connectivity index (χ2v) is 5.77. The first-order chi connectivity index (χ1) is 10.3. The molecule has 0 saturated carbocycles. The van der Waals surface area contributed by atoms with Gasteiger partial charge in [0.05, 0.1) is 17.7 Å². The fourth-order valence-electron chi connectivity index (χ4n) is 3.11. The van der Waals surface area contributed by atoms with E-state index in [1.54, 1.807) is 18.6 Å². The molecule has 2 saturated heterocycles. The summed E-state index contributed by atoms with van der Waals surface area (Å²) in [4.78, 5) is 20.2. The van der Waals surface area contributed by atoms with Gasteiger partial charge in [-0.1, -0.05) is 0 Å². The van der Waals surface area contributed by atoms with E-state index < -0.39 is 0 Å². The summed E-state index contributed by atoms with van der Waals surface area (Å²) in [5.41, 5.74) is 0.601. The summed E-state index contributed by atoms with van der Waals surface area (Å²) in [5, 5.41) is 3.11. The van der Waals surface area contributed by atoms with Crippen molar-refractivity contribution in [1.29, 1.82) is 0 Å². The molecule has 1 N–H and O–H groups in total. The summed E-state index contributed by atoms with van der Waals surface area (Å²) < 4.78 is 11.4. The predicted octanol–water partition coefficient (Wildman–Crippen LogP) is 0.863. The highest BCUT2D eigenvalue weighted by atomic mass is 16.5. The topological polar surface area (TPSA) is 73.3 Å². The van der Waals surface area contributed by atoms with Gasteiger partial charge in [-0.2, -0.15) is 0 Å². The van der Waals surface area contributed by atoms with E-state index in [2.05, 4.69) is 15.3 Å². The molecular formula is C15H21N3O3. The van der Waals surface area contributed by atoms with Gasteiger partial charge in [0.2, 0.25) is 5.91 Å². The number of ether oxygens (including phenoxy) is 2. The van der Waals surface area contributed by atoms with Gasteiger partial charge < -0.3 is 14.8 Å². The molecule has 0 aromatic carbocycles. The lowest BCUT2D eigenvalue weighted by Gasteiger charge is -2.43. The number of hydrogen-bond acceptors (Lipinski definition) is 5. The Kier molecular flexibility index (Phi) is 4.45. The van der Waals surface area contributed by atoms with Crippen LogP contribution in [0.5, 0.6) is 0 Å². The Bertz CT molecular complexity index is 469. The molecular weight excluding hydrogens is 270 g/mol. The summed E-state index contributed by atoms with van der Waals surface area (Å²) in [6.45, 7) is 2.20. The van der Waals surface area contributed by atoms with Crippen molar-refractivity contribution in [3.05, 3.63) is 24.3 Å². The average molecular weight is 291 g/mol. The number of amides is 1. The number of hydrogen-bond donors (Lipinski definition) is 1.